The second kappa shape index (κ2) is 3.82. The first-order chi connectivity index (χ1) is 6.60. The number of hydrogen-bond acceptors (Lipinski definition) is 2. The van der Waals surface area contributed by atoms with Crippen LogP contribution in [0.25, 0.3) is 0 Å². The average Bonchev–Trinajstić information content (AvgIpc) is 1.99. The van der Waals surface area contributed by atoms with Crippen LogP contribution in [-0.4, -0.2) is 49.6 Å². The SMILES string of the molecule is CN1CC(C(F)(F)F)OC(C(F)(F)F)C1. The maximum atomic E-state index is 12.2. The van der Waals surface area contributed by atoms with Crippen LogP contribution in [0.4, 0.5) is 26.3 Å². The second-order valence-electron chi connectivity index (χ2n) is 3.42. The molecule has 1 aliphatic heterocycles. The summed E-state index contributed by atoms with van der Waals surface area (Å²) in [5.74, 6) is 0. The molecule has 0 aromatic carbocycles. The Morgan fingerprint density at radius 1 is 0.933 bits per heavy atom. The summed E-state index contributed by atoms with van der Waals surface area (Å²) < 4.78 is 76.9. The minimum atomic E-state index is -4.77. The van der Waals surface area contributed by atoms with E-state index in [2.05, 4.69) is 4.74 Å². The Balaban J connectivity index is 2.73. The number of likely N-dealkylation sites (N-methyl/N-ethyl adjacent to an activating group) is 1. The molecule has 0 aromatic heterocycles. The van der Waals surface area contributed by atoms with Crippen molar-refractivity contribution >= 4 is 0 Å². The third-order valence-electron chi connectivity index (χ3n) is 2.01. The predicted octanol–water partition coefficient (Wildman–Crippen LogP) is 1.81. The van der Waals surface area contributed by atoms with Gasteiger partial charge in [-0.25, -0.2) is 0 Å². The Morgan fingerprint density at radius 3 is 1.53 bits per heavy atom. The number of morpholine rings is 1. The van der Waals surface area contributed by atoms with Gasteiger partial charge in [-0.3, -0.25) is 0 Å². The topological polar surface area (TPSA) is 12.5 Å². The molecule has 1 aliphatic rings. The van der Waals surface area contributed by atoms with Crippen LogP contribution in [0.15, 0.2) is 0 Å². The van der Waals surface area contributed by atoms with Gasteiger partial charge in [-0.1, -0.05) is 0 Å². The fraction of sp³-hybridized carbons (Fsp3) is 1.00. The van der Waals surface area contributed by atoms with Gasteiger partial charge in [-0.05, 0) is 7.05 Å². The summed E-state index contributed by atoms with van der Waals surface area (Å²) in [6.07, 6.45) is -14.3. The Morgan fingerprint density at radius 2 is 1.27 bits per heavy atom. The van der Waals surface area contributed by atoms with E-state index >= 15 is 0 Å². The van der Waals surface area contributed by atoms with Crippen molar-refractivity contribution in [1.82, 2.24) is 4.90 Å². The molecular formula is C7H9F6NO. The lowest BCUT2D eigenvalue weighted by atomic mass is 10.2. The number of ether oxygens (including phenoxy) is 1. The van der Waals surface area contributed by atoms with Gasteiger partial charge in [-0.15, -0.1) is 0 Å². The van der Waals surface area contributed by atoms with E-state index in [0.29, 0.717) is 0 Å². The van der Waals surface area contributed by atoms with Crippen LogP contribution in [0, 0.1) is 0 Å². The van der Waals surface area contributed by atoms with Gasteiger partial charge in [-0.2, -0.15) is 26.3 Å². The van der Waals surface area contributed by atoms with Crippen LogP contribution in [-0.2, 0) is 4.74 Å². The molecule has 1 fully saturated rings. The maximum Gasteiger partial charge on any atom is 0.415 e. The van der Waals surface area contributed by atoms with Gasteiger partial charge in [0, 0.05) is 13.1 Å². The highest BCUT2D eigenvalue weighted by Gasteiger charge is 2.52. The van der Waals surface area contributed by atoms with Crippen LogP contribution < -0.4 is 0 Å². The molecule has 0 bridgehead atoms. The second-order valence-corrected chi connectivity index (χ2v) is 3.42. The molecule has 15 heavy (non-hydrogen) atoms. The molecule has 0 aliphatic carbocycles. The zero-order valence-corrected chi connectivity index (χ0v) is 7.69. The fourth-order valence-electron chi connectivity index (χ4n) is 1.29. The van der Waals surface area contributed by atoms with Gasteiger partial charge in [0.15, 0.2) is 12.2 Å². The molecule has 1 heterocycles. The van der Waals surface area contributed by atoms with Gasteiger partial charge in [0.2, 0.25) is 0 Å². The Bertz CT molecular complexity index is 203. The first kappa shape index (κ1) is 12.6. The van der Waals surface area contributed by atoms with Gasteiger partial charge >= 0.3 is 12.4 Å². The molecule has 2 unspecified atom stereocenters. The van der Waals surface area contributed by atoms with Crippen LogP contribution in [0.5, 0.6) is 0 Å². The number of hydrogen-bond donors (Lipinski definition) is 0. The van der Waals surface area contributed by atoms with E-state index in [4.69, 9.17) is 0 Å². The molecule has 0 radical (unpaired) electrons. The minimum absolute atomic E-state index is 0.573. The molecule has 0 amide bonds. The molecule has 0 N–H and O–H groups in total. The first-order valence-electron chi connectivity index (χ1n) is 4.08. The van der Waals surface area contributed by atoms with Gasteiger partial charge in [0.25, 0.3) is 0 Å². The van der Waals surface area contributed by atoms with Crippen LogP contribution >= 0.6 is 0 Å². The Labute approximate surface area is 81.8 Å². The summed E-state index contributed by atoms with van der Waals surface area (Å²) in [7, 11) is 1.19. The average molecular weight is 237 g/mol. The molecule has 0 spiro atoms. The third kappa shape index (κ3) is 3.23. The monoisotopic (exact) mass is 237 g/mol. The fourth-order valence-corrected chi connectivity index (χ4v) is 1.29. The first-order valence-corrected chi connectivity index (χ1v) is 4.08. The van der Waals surface area contributed by atoms with Crippen molar-refractivity contribution in [3.8, 4) is 0 Å². The van der Waals surface area contributed by atoms with Gasteiger partial charge in [0.1, 0.15) is 0 Å². The summed E-state index contributed by atoms with van der Waals surface area (Å²) >= 11 is 0. The molecule has 1 saturated heterocycles. The standard InChI is InChI=1S/C7H9F6NO/c1-14-2-4(6(8,9)10)15-5(3-14)7(11,12)13/h4-5H,2-3H2,1H3. The van der Waals surface area contributed by atoms with Gasteiger partial charge < -0.3 is 9.64 Å². The Hall–Kier alpha value is -0.500. The molecule has 0 aromatic rings. The van der Waals surface area contributed by atoms with E-state index < -0.39 is 37.7 Å². The third-order valence-corrected chi connectivity index (χ3v) is 2.01. The van der Waals surface area contributed by atoms with Crippen LogP contribution in [0.1, 0.15) is 0 Å². The predicted molar refractivity (Wildman–Crippen MR) is 38.3 cm³/mol. The summed E-state index contributed by atoms with van der Waals surface area (Å²) in [5.41, 5.74) is 0. The highest BCUT2D eigenvalue weighted by molar-refractivity contribution is 4.83. The van der Waals surface area contributed by atoms with Crippen molar-refractivity contribution < 1.29 is 31.1 Å². The number of alkyl halides is 6. The van der Waals surface area contributed by atoms with Gasteiger partial charge in [0.05, 0.1) is 0 Å². The lowest BCUT2D eigenvalue weighted by Crippen LogP contribution is -2.55. The van der Waals surface area contributed by atoms with Crippen molar-refractivity contribution in [2.24, 2.45) is 0 Å². The smallest absolute Gasteiger partial charge is 0.353 e. The molecule has 90 valence electrons. The van der Waals surface area contributed by atoms with E-state index in [9.17, 15) is 26.3 Å². The van der Waals surface area contributed by atoms with Crippen molar-refractivity contribution in [2.75, 3.05) is 20.1 Å². The van der Waals surface area contributed by atoms with Crippen molar-refractivity contribution in [1.29, 1.82) is 0 Å². The quantitative estimate of drug-likeness (QED) is 0.596. The molecule has 0 saturated carbocycles. The summed E-state index contributed by atoms with van der Waals surface area (Å²) in [6, 6.07) is 0. The Kier molecular flexibility index (Phi) is 3.20. The highest BCUT2D eigenvalue weighted by Crippen LogP contribution is 2.33. The molecule has 1 rings (SSSR count). The number of halogens is 6. The van der Waals surface area contributed by atoms with E-state index in [0.717, 1.165) is 4.90 Å². The van der Waals surface area contributed by atoms with Crippen LogP contribution in [0.2, 0.25) is 0 Å². The van der Waals surface area contributed by atoms with Crippen molar-refractivity contribution in [3.05, 3.63) is 0 Å². The van der Waals surface area contributed by atoms with E-state index in [1.165, 1.54) is 7.05 Å². The molecule has 2 atom stereocenters. The van der Waals surface area contributed by atoms with Crippen molar-refractivity contribution in [3.63, 3.8) is 0 Å². The largest absolute Gasteiger partial charge is 0.415 e. The lowest BCUT2D eigenvalue weighted by Gasteiger charge is -2.37. The zero-order valence-electron chi connectivity index (χ0n) is 7.69. The van der Waals surface area contributed by atoms with Crippen LogP contribution in [0.3, 0.4) is 0 Å². The van der Waals surface area contributed by atoms with E-state index in [1.807, 2.05) is 0 Å². The van der Waals surface area contributed by atoms with E-state index in [-0.39, 0.29) is 0 Å². The molecular weight excluding hydrogens is 228 g/mol. The molecule has 8 heteroatoms. The van der Waals surface area contributed by atoms with E-state index in [1.54, 1.807) is 0 Å². The summed E-state index contributed by atoms with van der Waals surface area (Å²) in [5, 5.41) is 0. The summed E-state index contributed by atoms with van der Waals surface area (Å²) in [6.45, 7) is -1.15. The number of rotatable bonds is 0. The lowest BCUT2D eigenvalue weighted by molar-refractivity contribution is -0.305. The van der Waals surface area contributed by atoms with Crippen molar-refractivity contribution in [2.45, 2.75) is 24.6 Å². The number of nitrogens with zero attached hydrogens (tertiary/aromatic N) is 1. The maximum absolute atomic E-state index is 12.2. The normalized spacial score (nSPS) is 30.6. The highest BCUT2D eigenvalue weighted by atomic mass is 19.4. The zero-order chi connectivity index (χ0) is 11.9. The summed E-state index contributed by atoms with van der Waals surface area (Å²) in [4.78, 5) is 0.958. The minimum Gasteiger partial charge on any atom is -0.353 e. The molecule has 2 nitrogen and oxygen atoms in total.